The number of benzene rings is 1. The Balaban J connectivity index is 2.56. The first-order valence-corrected chi connectivity index (χ1v) is 6.52. The smallest absolute Gasteiger partial charge is 0.180 e. The zero-order valence-electron chi connectivity index (χ0n) is 10.7. The number of aryl methyl sites for hydroxylation is 1. The van der Waals surface area contributed by atoms with Gasteiger partial charge >= 0.3 is 0 Å². The predicted octanol–water partition coefficient (Wildman–Crippen LogP) is 3.11. The number of nitrogens with two attached hydrogens (primary N) is 1. The molecule has 2 aromatic rings. The lowest BCUT2D eigenvalue weighted by molar-refractivity contribution is 0.311. The zero-order valence-corrected chi connectivity index (χ0v) is 11.5. The molecule has 0 aliphatic carbocycles. The van der Waals surface area contributed by atoms with Gasteiger partial charge in [0.2, 0.25) is 0 Å². The Hall–Kier alpha value is -1.75. The van der Waals surface area contributed by atoms with Gasteiger partial charge in [0.05, 0.1) is 24.3 Å². The van der Waals surface area contributed by atoms with Gasteiger partial charge < -0.3 is 15.2 Å². The number of methoxy groups -OCH3 is 1. The van der Waals surface area contributed by atoms with Crippen LogP contribution in [0.15, 0.2) is 18.2 Å². The lowest BCUT2D eigenvalue weighted by Gasteiger charge is -2.12. The van der Waals surface area contributed by atoms with Crippen molar-refractivity contribution in [3.8, 4) is 21.9 Å². The maximum Gasteiger partial charge on any atom is 0.180 e. The summed E-state index contributed by atoms with van der Waals surface area (Å²) in [6, 6.07) is 5.82. The van der Waals surface area contributed by atoms with Crippen molar-refractivity contribution in [3.05, 3.63) is 23.9 Å². The monoisotopic (exact) mass is 264 g/mol. The molecule has 4 nitrogen and oxygen atoms in total. The first-order chi connectivity index (χ1) is 8.67. The highest BCUT2D eigenvalue weighted by Crippen LogP contribution is 2.42. The number of ether oxygens (including phenoxy) is 2. The van der Waals surface area contributed by atoms with Crippen LogP contribution in [0.25, 0.3) is 10.4 Å². The van der Waals surface area contributed by atoms with E-state index in [1.165, 1.54) is 11.3 Å². The molecule has 0 spiro atoms. The molecule has 0 aliphatic rings. The van der Waals surface area contributed by atoms with Gasteiger partial charge in [0.1, 0.15) is 0 Å². The van der Waals surface area contributed by atoms with E-state index in [4.69, 9.17) is 15.2 Å². The van der Waals surface area contributed by atoms with Gasteiger partial charge in [-0.2, -0.15) is 0 Å². The number of aromatic nitrogens is 1. The molecule has 0 unspecified atom stereocenters. The van der Waals surface area contributed by atoms with Crippen LogP contribution >= 0.6 is 11.3 Å². The van der Waals surface area contributed by atoms with E-state index < -0.39 is 0 Å². The molecule has 18 heavy (non-hydrogen) atoms. The molecule has 0 aliphatic heterocycles. The molecule has 1 aromatic heterocycles. The van der Waals surface area contributed by atoms with Crippen LogP contribution in [0.3, 0.4) is 0 Å². The fourth-order valence-electron chi connectivity index (χ4n) is 1.84. The van der Waals surface area contributed by atoms with Crippen molar-refractivity contribution in [1.82, 2.24) is 4.98 Å². The lowest BCUT2D eigenvalue weighted by atomic mass is 10.1. The van der Waals surface area contributed by atoms with Crippen molar-refractivity contribution in [2.75, 3.05) is 19.5 Å². The van der Waals surface area contributed by atoms with Gasteiger partial charge in [-0.15, -0.1) is 0 Å². The van der Waals surface area contributed by atoms with Crippen molar-refractivity contribution in [1.29, 1.82) is 0 Å². The highest BCUT2D eigenvalue weighted by molar-refractivity contribution is 7.18. The molecule has 0 radical (unpaired) electrons. The third-order valence-corrected chi connectivity index (χ3v) is 3.56. The Kier molecular flexibility index (Phi) is 3.72. The SMILES string of the molecule is CCOc1cccc(-c2sc(N)nc2C)c1OC. The maximum absolute atomic E-state index is 5.74. The predicted molar refractivity (Wildman–Crippen MR) is 74.4 cm³/mol. The average Bonchev–Trinajstić information content (AvgIpc) is 2.68. The molecule has 1 aromatic carbocycles. The Bertz CT molecular complexity index is 552. The minimum Gasteiger partial charge on any atom is -0.492 e. The third-order valence-electron chi connectivity index (χ3n) is 2.54. The van der Waals surface area contributed by atoms with E-state index in [2.05, 4.69) is 4.98 Å². The Morgan fingerprint density at radius 3 is 2.72 bits per heavy atom. The zero-order chi connectivity index (χ0) is 13.1. The summed E-state index contributed by atoms with van der Waals surface area (Å²) in [6.45, 7) is 4.49. The van der Waals surface area contributed by atoms with Crippen molar-refractivity contribution >= 4 is 16.5 Å². The summed E-state index contributed by atoms with van der Waals surface area (Å²) in [5.74, 6) is 1.47. The fraction of sp³-hybridized carbons (Fsp3) is 0.308. The second-order valence-corrected chi connectivity index (χ2v) is 4.77. The van der Waals surface area contributed by atoms with Crippen molar-refractivity contribution in [3.63, 3.8) is 0 Å². The molecule has 0 amide bonds. The second-order valence-electron chi connectivity index (χ2n) is 3.74. The first-order valence-electron chi connectivity index (χ1n) is 5.70. The van der Waals surface area contributed by atoms with Crippen LogP contribution in [-0.2, 0) is 0 Å². The van der Waals surface area contributed by atoms with Gasteiger partial charge in [-0.05, 0) is 26.0 Å². The number of nitrogen functional groups attached to an aromatic ring is 1. The van der Waals surface area contributed by atoms with E-state index in [-0.39, 0.29) is 0 Å². The number of thiazole rings is 1. The summed E-state index contributed by atoms with van der Waals surface area (Å²) in [7, 11) is 1.64. The minimum absolute atomic E-state index is 0.561. The standard InChI is InChI=1S/C13H16N2O2S/c1-4-17-10-7-5-6-9(11(10)16-3)12-8(2)15-13(14)18-12/h5-7H,4H2,1-3H3,(H2,14,15). The van der Waals surface area contributed by atoms with Crippen molar-refractivity contribution in [2.24, 2.45) is 0 Å². The largest absolute Gasteiger partial charge is 0.492 e. The van der Waals surface area contributed by atoms with Crippen molar-refractivity contribution in [2.45, 2.75) is 13.8 Å². The van der Waals surface area contributed by atoms with Gasteiger partial charge in [-0.25, -0.2) is 4.98 Å². The van der Waals surface area contributed by atoms with Crippen molar-refractivity contribution < 1.29 is 9.47 Å². The molecule has 0 fully saturated rings. The molecule has 0 bridgehead atoms. The Labute approximate surface area is 110 Å². The molecule has 2 N–H and O–H groups in total. The highest BCUT2D eigenvalue weighted by Gasteiger charge is 2.16. The molecule has 2 rings (SSSR count). The van der Waals surface area contributed by atoms with E-state index in [0.717, 1.165) is 27.6 Å². The number of para-hydroxylation sites is 1. The average molecular weight is 264 g/mol. The van der Waals surface area contributed by atoms with E-state index in [0.29, 0.717) is 11.7 Å². The van der Waals surface area contributed by atoms with E-state index in [1.54, 1.807) is 7.11 Å². The summed E-state index contributed by atoms with van der Waals surface area (Å²) < 4.78 is 11.0. The number of anilines is 1. The summed E-state index contributed by atoms with van der Waals surface area (Å²) in [6.07, 6.45) is 0. The number of nitrogens with zero attached hydrogens (tertiary/aromatic N) is 1. The van der Waals surface area contributed by atoms with Crippen LogP contribution in [0.5, 0.6) is 11.5 Å². The first kappa shape index (κ1) is 12.7. The van der Waals surface area contributed by atoms with Gasteiger partial charge in [-0.3, -0.25) is 0 Å². The van der Waals surface area contributed by atoms with Gasteiger partial charge in [0, 0.05) is 5.56 Å². The second kappa shape index (κ2) is 5.27. The van der Waals surface area contributed by atoms with Gasteiger partial charge in [0.15, 0.2) is 16.6 Å². The third kappa shape index (κ3) is 2.26. The quantitative estimate of drug-likeness (QED) is 0.921. The molecule has 0 saturated heterocycles. The molecule has 0 saturated carbocycles. The molecule has 0 atom stereocenters. The minimum atomic E-state index is 0.561. The summed E-state index contributed by atoms with van der Waals surface area (Å²) in [4.78, 5) is 5.26. The van der Waals surface area contributed by atoms with Crippen LogP contribution in [0.2, 0.25) is 0 Å². The number of hydrogen-bond donors (Lipinski definition) is 1. The van der Waals surface area contributed by atoms with E-state index >= 15 is 0 Å². The van der Waals surface area contributed by atoms with Crippen LogP contribution in [0.1, 0.15) is 12.6 Å². The topological polar surface area (TPSA) is 57.4 Å². The van der Waals surface area contributed by atoms with Crippen LogP contribution in [0.4, 0.5) is 5.13 Å². The summed E-state index contributed by atoms with van der Waals surface area (Å²) in [5.41, 5.74) is 7.61. The summed E-state index contributed by atoms with van der Waals surface area (Å²) in [5, 5.41) is 0.561. The molecular weight excluding hydrogens is 248 g/mol. The molecular formula is C13H16N2O2S. The fourth-order valence-corrected chi connectivity index (χ4v) is 2.70. The van der Waals surface area contributed by atoms with E-state index in [9.17, 15) is 0 Å². The normalized spacial score (nSPS) is 10.4. The number of hydrogen-bond acceptors (Lipinski definition) is 5. The van der Waals surface area contributed by atoms with Crippen LogP contribution < -0.4 is 15.2 Å². The van der Waals surface area contributed by atoms with Crippen LogP contribution in [0, 0.1) is 6.92 Å². The molecule has 96 valence electrons. The maximum atomic E-state index is 5.74. The van der Waals surface area contributed by atoms with Gasteiger partial charge in [-0.1, -0.05) is 17.4 Å². The molecule has 5 heteroatoms. The number of rotatable bonds is 4. The van der Waals surface area contributed by atoms with Crippen LogP contribution in [-0.4, -0.2) is 18.7 Å². The summed E-state index contributed by atoms with van der Waals surface area (Å²) >= 11 is 1.45. The van der Waals surface area contributed by atoms with E-state index in [1.807, 2.05) is 32.0 Å². The highest BCUT2D eigenvalue weighted by atomic mass is 32.1. The Morgan fingerprint density at radius 2 is 2.17 bits per heavy atom. The lowest BCUT2D eigenvalue weighted by Crippen LogP contribution is -1.96. The Morgan fingerprint density at radius 1 is 1.39 bits per heavy atom. The molecule has 1 heterocycles. The van der Waals surface area contributed by atoms with Gasteiger partial charge in [0.25, 0.3) is 0 Å².